The highest BCUT2D eigenvalue weighted by Gasteiger charge is 2.13. The third kappa shape index (κ3) is 1.32. The number of rotatable bonds is 1. The summed E-state index contributed by atoms with van der Waals surface area (Å²) in [5, 5.41) is 11.7. The monoisotopic (exact) mass is 204 g/mol. The predicted octanol–water partition coefficient (Wildman–Crippen LogP) is 1.05. The summed E-state index contributed by atoms with van der Waals surface area (Å²) in [6, 6.07) is 3.87. The van der Waals surface area contributed by atoms with Crippen LogP contribution in [0.5, 0.6) is 0 Å². The lowest BCUT2D eigenvalue weighted by atomic mass is 10.3. The molecule has 0 bridgehead atoms. The fourth-order valence-corrected chi connectivity index (χ4v) is 1.67. The molecule has 2 heterocycles. The van der Waals surface area contributed by atoms with E-state index in [0.29, 0.717) is 5.69 Å². The summed E-state index contributed by atoms with van der Waals surface area (Å²) in [6.45, 7) is 3.80. The van der Waals surface area contributed by atoms with Crippen LogP contribution in [0, 0.1) is 13.8 Å². The van der Waals surface area contributed by atoms with Crippen LogP contribution < -0.4 is 5.73 Å². The molecule has 0 saturated heterocycles. The van der Waals surface area contributed by atoms with E-state index in [1.807, 2.05) is 36.6 Å². The van der Waals surface area contributed by atoms with Gasteiger partial charge in [-0.25, -0.2) is 4.98 Å². The molecule has 0 atom stereocenters. The first-order valence-electron chi connectivity index (χ1n) is 4.57. The second-order valence-electron chi connectivity index (χ2n) is 3.42. The molecule has 0 fully saturated rings. The highest BCUT2D eigenvalue weighted by Crippen LogP contribution is 2.14. The van der Waals surface area contributed by atoms with E-state index < -0.39 is 0 Å². The summed E-state index contributed by atoms with van der Waals surface area (Å²) in [6.07, 6.45) is 1.84. The first kappa shape index (κ1) is 9.51. The van der Waals surface area contributed by atoms with Gasteiger partial charge >= 0.3 is 0 Å². The smallest absolute Gasteiger partial charge is 0.189 e. The Labute approximate surface area is 86.8 Å². The molecule has 0 aromatic carbocycles. The van der Waals surface area contributed by atoms with E-state index in [2.05, 4.69) is 10.1 Å². The highest BCUT2D eigenvalue weighted by atomic mass is 16.4. The van der Waals surface area contributed by atoms with Gasteiger partial charge in [-0.15, -0.1) is 0 Å². The van der Waals surface area contributed by atoms with Gasteiger partial charge in [-0.3, -0.25) is 4.40 Å². The maximum Gasteiger partial charge on any atom is 0.189 e. The van der Waals surface area contributed by atoms with E-state index in [1.54, 1.807) is 0 Å². The lowest BCUT2D eigenvalue weighted by Gasteiger charge is -2.01. The van der Waals surface area contributed by atoms with Gasteiger partial charge in [0.1, 0.15) is 11.3 Å². The molecule has 3 N–H and O–H groups in total. The quantitative estimate of drug-likeness (QED) is 0.315. The zero-order valence-corrected chi connectivity index (χ0v) is 8.60. The number of hydrogen-bond donors (Lipinski definition) is 2. The summed E-state index contributed by atoms with van der Waals surface area (Å²) < 4.78 is 1.82. The van der Waals surface area contributed by atoms with Crippen LogP contribution in [0.1, 0.15) is 17.0 Å². The van der Waals surface area contributed by atoms with Gasteiger partial charge in [0.25, 0.3) is 0 Å². The van der Waals surface area contributed by atoms with Gasteiger partial charge in [0.2, 0.25) is 0 Å². The van der Waals surface area contributed by atoms with Crippen molar-refractivity contribution in [3.05, 3.63) is 35.3 Å². The van der Waals surface area contributed by atoms with Crippen molar-refractivity contribution < 1.29 is 5.21 Å². The Morgan fingerprint density at radius 3 is 2.93 bits per heavy atom. The number of imidazole rings is 1. The van der Waals surface area contributed by atoms with E-state index in [0.717, 1.165) is 16.9 Å². The number of pyridine rings is 1. The summed E-state index contributed by atoms with van der Waals surface area (Å²) in [7, 11) is 0. The Morgan fingerprint density at radius 2 is 2.27 bits per heavy atom. The number of nitrogens with two attached hydrogens (primary N) is 1. The van der Waals surface area contributed by atoms with E-state index in [1.165, 1.54) is 0 Å². The van der Waals surface area contributed by atoms with Crippen molar-refractivity contribution in [3.63, 3.8) is 0 Å². The number of aromatic nitrogens is 2. The minimum absolute atomic E-state index is 0.0746. The van der Waals surface area contributed by atoms with Gasteiger partial charge < -0.3 is 10.9 Å². The number of amidine groups is 1. The van der Waals surface area contributed by atoms with Crippen LogP contribution in [-0.4, -0.2) is 20.4 Å². The van der Waals surface area contributed by atoms with Crippen LogP contribution in [0.4, 0.5) is 0 Å². The fraction of sp³-hybridized carbons (Fsp3) is 0.200. The molecule has 15 heavy (non-hydrogen) atoms. The second-order valence-corrected chi connectivity index (χ2v) is 3.42. The Bertz CT molecular complexity index is 542. The molecular formula is C10H12N4O. The zero-order chi connectivity index (χ0) is 11.0. The van der Waals surface area contributed by atoms with Gasteiger partial charge in [-0.05, 0) is 25.5 Å². The summed E-state index contributed by atoms with van der Waals surface area (Å²) in [5.41, 5.74) is 8.86. The van der Waals surface area contributed by atoms with Crippen LogP contribution in [0.3, 0.4) is 0 Å². The molecular weight excluding hydrogens is 192 g/mol. The minimum atomic E-state index is 0.0746. The first-order chi connectivity index (χ1) is 7.15. The standard InChI is InChI=1S/C10H12N4O/c1-6-4-3-5-14-8(9(11)13-15)7(2)12-10(6)14/h3-5,15H,1-2H3,(H2,11,13). The van der Waals surface area contributed by atoms with E-state index in [4.69, 9.17) is 10.9 Å². The van der Waals surface area contributed by atoms with Gasteiger partial charge in [-0.1, -0.05) is 11.2 Å². The molecule has 0 radical (unpaired) electrons. The number of oxime groups is 1. The second kappa shape index (κ2) is 3.27. The Kier molecular flexibility index (Phi) is 2.07. The van der Waals surface area contributed by atoms with Crippen molar-refractivity contribution in [1.82, 2.24) is 9.38 Å². The maximum absolute atomic E-state index is 8.68. The molecule has 0 aliphatic rings. The van der Waals surface area contributed by atoms with Gasteiger partial charge in [0, 0.05) is 6.20 Å². The number of aryl methyl sites for hydroxylation is 2. The predicted molar refractivity (Wildman–Crippen MR) is 57.2 cm³/mol. The van der Waals surface area contributed by atoms with Crippen LogP contribution in [0.2, 0.25) is 0 Å². The van der Waals surface area contributed by atoms with Gasteiger partial charge in [0.15, 0.2) is 5.84 Å². The summed E-state index contributed by atoms with van der Waals surface area (Å²) in [4.78, 5) is 4.37. The van der Waals surface area contributed by atoms with E-state index >= 15 is 0 Å². The molecule has 0 saturated carbocycles. The van der Waals surface area contributed by atoms with Crippen LogP contribution in [0.25, 0.3) is 5.65 Å². The topological polar surface area (TPSA) is 75.9 Å². The van der Waals surface area contributed by atoms with Crippen molar-refractivity contribution in [2.75, 3.05) is 0 Å². The van der Waals surface area contributed by atoms with Crippen LogP contribution in [-0.2, 0) is 0 Å². The van der Waals surface area contributed by atoms with Gasteiger partial charge in [-0.2, -0.15) is 0 Å². The lowest BCUT2D eigenvalue weighted by Crippen LogP contribution is -2.16. The Hall–Kier alpha value is -2.04. The molecule has 0 spiro atoms. The fourth-order valence-electron chi connectivity index (χ4n) is 1.67. The Balaban J connectivity index is 2.85. The molecule has 0 aliphatic carbocycles. The first-order valence-corrected chi connectivity index (χ1v) is 4.57. The van der Waals surface area contributed by atoms with Crippen molar-refractivity contribution in [2.24, 2.45) is 10.9 Å². The normalized spacial score (nSPS) is 12.3. The maximum atomic E-state index is 8.68. The van der Waals surface area contributed by atoms with Crippen molar-refractivity contribution in [2.45, 2.75) is 13.8 Å². The molecule has 0 aliphatic heterocycles. The molecule has 5 heteroatoms. The largest absolute Gasteiger partial charge is 0.409 e. The van der Waals surface area contributed by atoms with E-state index in [9.17, 15) is 0 Å². The van der Waals surface area contributed by atoms with Crippen molar-refractivity contribution in [3.8, 4) is 0 Å². The third-order valence-electron chi connectivity index (χ3n) is 2.37. The number of nitrogens with zero attached hydrogens (tertiary/aromatic N) is 3. The number of fused-ring (bicyclic) bond motifs is 1. The molecule has 0 unspecified atom stereocenters. The van der Waals surface area contributed by atoms with E-state index in [-0.39, 0.29) is 5.84 Å². The van der Waals surface area contributed by atoms with Crippen molar-refractivity contribution >= 4 is 11.5 Å². The lowest BCUT2D eigenvalue weighted by molar-refractivity contribution is 0.318. The van der Waals surface area contributed by atoms with Crippen molar-refractivity contribution in [1.29, 1.82) is 0 Å². The molecule has 78 valence electrons. The Morgan fingerprint density at radius 1 is 1.53 bits per heavy atom. The third-order valence-corrected chi connectivity index (χ3v) is 2.37. The highest BCUT2D eigenvalue weighted by molar-refractivity contribution is 5.97. The molecule has 2 aromatic rings. The minimum Gasteiger partial charge on any atom is -0.409 e. The summed E-state index contributed by atoms with van der Waals surface area (Å²) >= 11 is 0. The zero-order valence-electron chi connectivity index (χ0n) is 8.60. The van der Waals surface area contributed by atoms with Crippen LogP contribution in [0.15, 0.2) is 23.5 Å². The SMILES string of the molecule is Cc1nc2c(C)cccn2c1/C(N)=N\O. The average molecular weight is 204 g/mol. The molecule has 5 nitrogen and oxygen atoms in total. The molecule has 2 rings (SSSR count). The summed E-state index contributed by atoms with van der Waals surface area (Å²) in [5.74, 6) is 0.0746. The molecule has 0 amide bonds. The average Bonchev–Trinajstić information content (AvgIpc) is 2.55. The molecule has 2 aromatic heterocycles. The number of hydrogen-bond acceptors (Lipinski definition) is 3. The van der Waals surface area contributed by atoms with Crippen LogP contribution >= 0.6 is 0 Å². The van der Waals surface area contributed by atoms with Gasteiger partial charge in [0.05, 0.1) is 5.69 Å².